The van der Waals surface area contributed by atoms with Crippen molar-refractivity contribution in [3.8, 4) is 0 Å². The molecule has 2 N–H and O–H groups in total. The molecular formula is C13H27NO2. The van der Waals surface area contributed by atoms with Crippen LogP contribution in [0.1, 0.15) is 46.5 Å². The maximum absolute atomic E-state index is 6.42. The molecule has 1 fully saturated rings. The second-order valence-electron chi connectivity index (χ2n) is 4.90. The third-order valence-electron chi connectivity index (χ3n) is 3.74. The fourth-order valence-corrected chi connectivity index (χ4v) is 2.73. The predicted octanol–water partition coefficient (Wildman–Crippen LogP) is 2.34. The first kappa shape index (κ1) is 13.9. The van der Waals surface area contributed by atoms with Crippen LogP contribution >= 0.6 is 0 Å². The molecule has 1 rings (SSSR count). The van der Waals surface area contributed by atoms with Crippen molar-refractivity contribution in [2.24, 2.45) is 11.7 Å². The molecule has 0 aromatic rings. The molecule has 0 spiro atoms. The number of rotatable bonds is 6. The van der Waals surface area contributed by atoms with Gasteiger partial charge in [-0.05, 0) is 19.3 Å². The van der Waals surface area contributed by atoms with Crippen LogP contribution in [0.3, 0.4) is 0 Å². The molecule has 3 heteroatoms. The molecule has 0 bridgehead atoms. The first-order valence-corrected chi connectivity index (χ1v) is 6.63. The Hall–Kier alpha value is -0.120. The van der Waals surface area contributed by atoms with Crippen LogP contribution in [0.2, 0.25) is 0 Å². The SMILES string of the molecule is CCCC(C)C(N)C1(OCC)CCOCC1. The van der Waals surface area contributed by atoms with Crippen molar-refractivity contribution in [2.45, 2.75) is 58.1 Å². The van der Waals surface area contributed by atoms with E-state index >= 15 is 0 Å². The molecule has 96 valence electrons. The average molecular weight is 229 g/mol. The van der Waals surface area contributed by atoms with Gasteiger partial charge >= 0.3 is 0 Å². The summed E-state index contributed by atoms with van der Waals surface area (Å²) >= 11 is 0. The lowest BCUT2D eigenvalue weighted by atomic mass is 9.78. The van der Waals surface area contributed by atoms with Crippen LogP contribution in [0, 0.1) is 5.92 Å². The van der Waals surface area contributed by atoms with Crippen molar-refractivity contribution in [2.75, 3.05) is 19.8 Å². The van der Waals surface area contributed by atoms with Gasteiger partial charge in [-0.3, -0.25) is 0 Å². The highest BCUT2D eigenvalue weighted by Crippen LogP contribution is 2.32. The van der Waals surface area contributed by atoms with Gasteiger partial charge in [-0.15, -0.1) is 0 Å². The lowest BCUT2D eigenvalue weighted by Crippen LogP contribution is -2.56. The van der Waals surface area contributed by atoms with E-state index in [1.165, 1.54) is 12.8 Å². The molecule has 0 saturated carbocycles. The second-order valence-corrected chi connectivity index (χ2v) is 4.90. The summed E-state index contributed by atoms with van der Waals surface area (Å²) in [5.41, 5.74) is 6.28. The highest BCUT2D eigenvalue weighted by molar-refractivity contribution is 4.95. The Morgan fingerprint density at radius 1 is 1.31 bits per heavy atom. The summed E-state index contributed by atoms with van der Waals surface area (Å²) in [6.07, 6.45) is 4.25. The summed E-state index contributed by atoms with van der Waals surface area (Å²) in [5.74, 6) is 0.523. The molecule has 0 aromatic heterocycles. The molecule has 0 radical (unpaired) electrons. The van der Waals surface area contributed by atoms with E-state index in [0.717, 1.165) is 32.7 Å². The van der Waals surface area contributed by atoms with Gasteiger partial charge < -0.3 is 15.2 Å². The van der Waals surface area contributed by atoms with E-state index < -0.39 is 0 Å². The number of hydrogen-bond donors (Lipinski definition) is 1. The fraction of sp³-hybridized carbons (Fsp3) is 1.00. The van der Waals surface area contributed by atoms with Crippen LogP contribution < -0.4 is 5.73 Å². The van der Waals surface area contributed by atoms with Crippen molar-refractivity contribution in [3.63, 3.8) is 0 Å². The lowest BCUT2D eigenvalue weighted by Gasteiger charge is -2.43. The van der Waals surface area contributed by atoms with Crippen molar-refractivity contribution < 1.29 is 9.47 Å². The summed E-state index contributed by atoms with van der Waals surface area (Å²) in [7, 11) is 0. The monoisotopic (exact) mass is 229 g/mol. The Labute approximate surface area is 99.7 Å². The minimum absolute atomic E-state index is 0.135. The summed E-state index contributed by atoms with van der Waals surface area (Å²) in [5, 5.41) is 0. The average Bonchev–Trinajstić information content (AvgIpc) is 2.30. The minimum atomic E-state index is -0.137. The number of nitrogens with two attached hydrogens (primary N) is 1. The largest absolute Gasteiger partial charge is 0.381 e. The van der Waals surface area contributed by atoms with Crippen LogP contribution in [0.25, 0.3) is 0 Å². The number of hydrogen-bond acceptors (Lipinski definition) is 3. The number of ether oxygens (including phenoxy) is 2. The van der Waals surface area contributed by atoms with Crippen molar-refractivity contribution in [3.05, 3.63) is 0 Å². The Balaban J connectivity index is 2.66. The molecule has 1 aliphatic heterocycles. The maximum Gasteiger partial charge on any atom is 0.0878 e. The summed E-state index contributed by atoms with van der Waals surface area (Å²) in [4.78, 5) is 0. The van der Waals surface area contributed by atoms with Gasteiger partial charge in [0.15, 0.2) is 0 Å². The van der Waals surface area contributed by atoms with Crippen molar-refractivity contribution in [1.82, 2.24) is 0 Å². The Morgan fingerprint density at radius 3 is 2.44 bits per heavy atom. The fourth-order valence-electron chi connectivity index (χ4n) is 2.73. The molecule has 1 saturated heterocycles. The van der Waals surface area contributed by atoms with Gasteiger partial charge in [-0.1, -0.05) is 20.3 Å². The topological polar surface area (TPSA) is 44.5 Å². The summed E-state index contributed by atoms with van der Waals surface area (Å²) < 4.78 is 11.4. The lowest BCUT2D eigenvalue weighted by molar-refractivity contribution is -0.128. The van der Waals surface area contributed by atoms with E-state index in [2.05, 4.69) is 20.8 Å². The quantitative estimate of drug-likeness (QED) is 0.760. The molecule has 1 heterocycles. The van der Waals surface area contributed by atoms with Crippen molar-refractivity contribution in [1.29, 1.82) is 0 Å². The van der Waals surface area contributed by atoms with E-state index in [9.17, 15) is 0 Å². The van der Waals surface area contributed by atoms with Gasteiger partial charge in [0.2, 0.25) is 0 Å². The van der Waals surface area contributed by atoms with E-state index in [1.807, 2.05) is 0 Å². The highest BCUT2D eigenvalue weighted by atomic mass is 16.5. The van der Waals surface area contributed by atoms with Crippen LogP contribution in [0.5, 0.6) is 0 Å². The zero-order valence-corrected chi connectivity index (χ0v) is 11.0. The van der Waals surface area contributed by atoms with Crippen molar-refractivity contribution >= 4 is 0 Å². The smallest absolute Gasteiger partial charge is 0.0878 e. The Bertz CT molecular complexity index is 185. The molecule has 2 atom stereocenters. The Kier molecular flexibility index (Phi) is 5.73. The second kappa shape index (κ2) is 6.58. The van der Waals surface area contributed by atoms with E-state index in [0.29, 0.717) is 5.92 Å². The van der Waals surface area contributed by atoms with Gasteiger partial charge in [0, 0.05) is 38.7 Å². The summed E-state index contributed by atoms with van der Waals surface area (Å²) in [6, 6.07) is 0.135. The molecule has 0 amide bonds. The molecule has 3 nitrogen and oxygen atoms in total. The van der Waals surface area contributed by atoms with Gasteiger partial charge in [0.1, 0.15) is 0 Å². The van der Waals surface area contributed by atoms with E-state index in [1.54, 1.807) is 0 Å². The zero-order valence-electron chi connectivity index (χ0n) is 11.0. The van der Waals surface area contributed by atoms with Gasteiger partial charge in [0.25, 0.3) is 0 Å². The van der Waals surface area contributed by atoms with Crippen LogP contribution in [0.4, 0.5) is 0 Å². The first-order chi connectivity index (χ1) is 7.66. The third kappa shape index (κ3) is 3.19. The predicted molar refractivity (Wildman–Crippen MR) is 66.5 cm³/mol. The van der Waals surface area contributed by atoms with Gasteiger partial charge in [-0.2, -0.15) is 0 Å². The van der Waals surface area contributed by atoms with E-state index in [4.69, 9.17) is 15.2 Å². The van der Waals surface area contributed by atoms with Crippen LogP contribution in [-0.2, 0) is 9.47 Å². The highest BCUT2D eigenvalue weighted by Gasteiger charge is 2.41. The maximum atomic E-state index is 6.42. The van der Waals surface area contributed by atoms with Gasteiger partial charge in [-0.25, -0.2) is 0 Å². The van der Waals surface area contributed by atoms with Gasteiger partial charge in [0.05, 0.1) is 5.60 Å². The molecule has 0 aromatic carbocycles. The molecular weight excluding hydrogens is 202 g/mol. The molecule has 0 aliphatic carbocycles. The third-order valence-corrected chi connectivity index (χ3v) is 3.74. The zero-order chi connectivity index (χ0) is 12.0. The Morgan fingerprint density at radius 2 is 1.94 bits per heavy atom. The molecule has 2 unspecified atom stereocenters. The molecule has 1 aliphatic rings. The van der Waals surface area contributed by atoms with E-state index in [-0.39, 0.29) is 11.6 Å². The standard InChI is InChI=1S/C13H27NO2/c1-4-6-11(3)12(14)13(16-5-2)7-9-15-10-8-13/h11-12H,4-10,14H2,1-3H3. The molecule has 16 heavy (non-hydrogen) atoms. The first-order valence-electron chi connectivity index (χ1n) is 6.63. The van der Waals surface area contributed by atoms with Crippen LogP contribution in [-0.4, -0.2) is 31.5 Å². The summed E-state index contributed by atoms with van der Waals surface area (Å²) in [6.45, 7) is 8.81. The van der Waals surface area contributed by atoms with Crippen LogP contribution in [0.15, 0.2) is 0 Å². The minimum Gasteiger partial charge on any atom is -0.381 e. The normalized spacial score (nSPS) is 24.0.